The Hall–Kier alpha value is -1.06. The SMILES string of the molecule is CCCCN(CCCOc1ccc(CN)cc1)C1CC1. The molecule has 0 unspecified atom stereocenters. The van der Waals surface area contributed by atoms with E-state index in [1.54, 1.807) is 0 Å². The molecule has 0 radical (unpaired) electrons. The van der Waals surface area contributed by atoms with Gasteiger partial charge < -0.3 is 15.4 Å². The van der Waals surface area contributed by atoms with Crippen LogP contribution >= 0.6 is 0 Å². The number of nitrogens with two attached hydrogens (primary N) is 1. The van der Waals surface area contributed by atoms with E-state index in [-0.39, 0.29) is 0 Å². The molecule has 3 nitrogen and oxygen atoms in total. The Morgan fingerprint density at radius 1 is 1.15 bits per heavy atom. The molecule has 1 fully saturated rings. The van der Waals surface area contributed by atoms with E-state index in [1.807, 2.05) is 24.3 Å². The fourth-order valence-electron chi connectivity index (χ4n) is 2.46. The standard InChI is InChI=1S/C17H28N2O/c1-2-3-11-19(16-7-8-16)12-4-13-20-17-9-5-15(14-18)6-10-17/h5-6,9-10,16H,2-4,7-8,11-14,18H2,1H3. The van der Waals surface area contributed by atoms with Crippen LogP contribution in [-0.2, 0) is 6.54 Å². The monoisotopic (exact) mass is 276 g/mol. The Labute approximate surface area is 123 Å². The van der Waals surface area contributed by atoms with Gasteiger partial charge in [-0.3, -0.25) is 0 Å². The van der Waals surface area contributed by atoms with Crippen molar-refractivity contribution in [3.8, 4) is 5.75 Å². The highest BCUT2D eigenvalue weighted by molar-refractivity contribution is 5.26. The molecule has 3 heteroatoms. The van der Waals surface area contributed by atoms with Gasteiger partial charge in [0.2, 0.25) is 0 Å². The van der Waals surface area contributed by atoms with Gasteiger partial charge >= 0.3 is 0 Å². The normalized spacial score (nSPS) is 14.8. The zero-order valence-corrected chi connectivity index (χ0v) is 12.7. The van der Waals surface area contributed by atoms with E-state index in [0.717, 1.165) is 30.4 Å². The molecule has 2 N–H and O–H groups in total. The summed E-state index contributed by atoms with van der Waals surface area (Å²) < 4.78 is 5.79. The highest BCUT2D eigenvalue weighted by atomic mass is 16.5. The average molecular weight is 276 g/mol. The molecular formula is C17H28N2O. The molecule has 0 atom stereocenters. The quantitative estimate of drug-likeness (QED) is 0.667. The maximum absolute atomic E-state index is 5.79. The van der Waals surface area contributed by atoms with Crippen LogP contribution in [0.25, 0.3) is 0 Å². The smallest absolute Gasteiger partial charge is 0.119 e. The van der Waals surface area contributed by atoms with Crippen LogP contribution in [0.5, 0.6) is 5.75 Å². The van der Waals surface area contributed by atoms with Crippen molar-refractivity contribution in [3.05, 3.63) is 29.8 Å². The molecule has 1 aliphatic rings. The van der Waals surface area contributed by atoms with Gasteiger partial charge in [-0.05, 0) is 49.9 Å². The van der Waals surface area contributed by atoms with Gasteiger partial charge in [0, 0.05) is 19.1 Å². The lowest BCUT2D eigenvalue weighted by atomic mass is 10.2. The van der Waals surface area contributed by atoms with Crippen LogP contribution in [0.2, 0.25) is 0 Å². The molecule has 0 amide bonds. The number of hydrogen-bond donors (Lipinski definition) is 1. The summed E-state index contributed by atoms with van der Waals surface area (Å²) in [6.45, 7) is 6.09. The molecular weight excluding hydrogens is 248 g/mol. The van der Waals surface area contributed by atoms with Crippen molar-refractivity contribution >= 4 is 0 Å². The van der Waals surface area contributed by atoms with Crippen LogP contribution in [0.1, 0.15) is 44.6 Å². The Kier molecular flexibility index (Phi) is 6.34. The zero-order chi connectivity index (χ0) is 14.2. The molecule has 1 aromatic carbocycles. The van der Waals surface area contributed by atoms with Crippen LogP contribution in [0, 0.1) is 0 Å². The lowest BCUT2D eigenvalue weighted by molar-refractivity contribution is 0.224. The lowest BCUT2D eigenvalue weighted by Crippen LogP contribution is -2.29. The largest absolute Gasteiger partial charge is 0.494 e. The summed E-state index contributed by atoms with van der Waals surface area (Å²) in [5.41, 5.74) is 6.73. The van der Waals surface area contributed by atoms with Gasteiger partial charge in [0.05, 0.1) is 6.61 Å². The third kappa shape index (κ3) is 5.14. The van der Waals surface area contributed by atoms with Crippen molar-refractivity contribution in [2.45, 2.75) is 51.6 Å². The van der Waals surface area contributed by atoms with Crippen molar-refractivity contribution in [2.75, 3.05) is 19.7 Å². The van der Waals surface area contributed by atoms with E-state index >= 15 is 0 Å². The third-order valence-electron chi connectivity index (χ3n) is 3.88. The number of hydrogen-bond acceptors (Lipinski definition) is 3. The Balaban J connectivity index is 1.64. The average Bonchev–Trinajstić information content (AvgIpc) is 3.32. The molecule has 0 saturated heterocycles. The van der Waals surface area contributed by atoms with Crippen LogP contribution in [0.15, 0.2) is 24.3 Å². The first kappa shape index (κ1) is 15.3. The van der Waals surface area contributed by atoms with Gasteiger partial charge in [0.15, 0.2) is 0 Å². The summed E-state index contributed by atoms with van der Waals surface area (Å²) in [5.74, 6) is 0.953. The molecule has 1 saturated carbocycles. The molecule has 0 aliphatic heterocycles. The van der Waals surface area contributed by atoms with Gasteiger partial charge in [0.25, 0.3) is 0 Å². The fourth-order valence-corrected chi connectivity index (χ4v) is 2.46. The number of rotatable bonds is 10. The molecule has 0 aromatic heterocycles. The van der Waals surface area contributed by atoms with Gasteiger partial charge in [-0.15, -0.1) is 0 Å². The summed E-state index contributed by atoms with van der Waals surface area (Å²) in [6, 6.07) is 8.96. The Morgan fingerprint density at radius 3 is 2.45 bits per heavy atom. The van der Waals surface area contributed by atoms with Gasteiger partial charge in [-0.25, -0.2) is 0 Å². The minimum absolute atomic E-state index is 0.591. The highest BCUT2D eigenvalue weighted by Gasteiger charge is 2.27. The first-order valence-electron chi connectivity index (χ1n) is 7.99. The van der Waals surface area contributed by atoms with Crippen LogP contribution in [0.3, 0.4) is 0 Å². The zero-order valence-electron chi connectivity index (χ0n) is 12.7. The number of benzene rings is 1. The van der Waals surface area contributed by atoms with Crippen molar-refractivity contribution in [2.24, 2.45) is 5.73 Å². The summed E-state index contributed by atoms with van der Waals surface area (Å²) in [7, 11) is 0. The summed E-state index contributed by atoms with van der Waals surface area (Å²) in [4.78, 5) is 2.64. The summed E-state index contributed by atoms with van der Waals surface area (Å²) in [5, 5.41) is 0. The molecule has 2 rings (SSSR count). The second-order valence-electron chi connectivity index (χ2n) is 5.67. The topological polar surface area (TPSA) is 38.5 Å². The molecule has 0 spiro atoms. The van der Waals surface area contributed by atoms with Crippen molar-refractivity contribution < 1.29 is 4.74 Å². The van der Waals surface area contributed by atoms with Crippen molar-refractivity contribution in [3.63, 3.8) is 0 Å². The van der Waals surface area contributed by atoms with Gasteiger partial charge in [0.1, 0.15) is 5.75 Å². The summed E-state index contributed by atoms with van der Waals surface area (Å²) >= 11 is 0. The third-order valence-corrected chi connectivity index (χ3v) is 3.88. The second kappa shape index (κ2) is 8.28. The lowest BCUT2D eigenvalue weighted by Gasteiger charge is -2.21. The summed E-state index contributed by atoms with van der Waals surface area (Å²) in [6.07, 6.45) is 6.50. The van der Waals surface area contributed by atoms with Crippen LogP contribution < -0.4 is 10.5 Å². The Bertz CT molecular complexity index is 373. The number of unbranched alkanes of at least 4 members (excludes halogenated alkanes) is 1. The molecule has 20 heavy (non-hydrogen) atoms. The molecule has 1 aromatic rings. The Morgan fingerprint density at radius 2 is 1.85 bits per heavy atom. The fraction of sp³-hybridized carbons (Fsp3) is 0.647. The van der Waals surface area contributed by atoms with E-state index in [1.165, 1.54) is 38.8 Å². The predicted octanol–water partition coefficient (Wildman–Crippen LogP) is 3.18. The molecule has 112 valence electrons. The van der Waals surface area contributed by atoms with Gasteiger partial charge in [-0.2, -0.15) is 0 Å². The van der Waals surface area contributed by atoms with Crippen LogP contribution in [-0.4, -0.2) is 30.6 Å². The number of ether oxygens (including phenoxy) is 1. The van der Waals surface area contributed by atoms with E-state index in [2.05, 4.69) is 11.8 Å². The number of nitrogens with zero attached hydrogens (tertiary/aromatic N) is 1. The maximum Gasteiger partial charge on any atom is 0.119 e. The maximum atomic E-state index is 5.79. The van der Waals surface area contributed by atoms with E-state index in [0.29, 0.717) is 6.54 Å². The molecule has 0 bridgehead atoms. The predicted molar refractivity (Wildman–Crippen MR) is 83.9 cm³/mol. The van der Waals surface area contributed by atoms with Crippen molar-refractivity contribution in [1.29, 1.82) is 0 Å². The molecule has 1 aliphatic carbocycles. The highest BCUT2D eigenvalue weighted by Crippen LogP contribution is 2.27. The van der Waals surface area contributed by atoms with E-state index < -0.39 is 0 Å². The first-order chi connectivity index (χ1) is 9.83. The first-order valence-corrected chi connectivity index (χ1v) is 7.99. The van der Waals surface area contributed by atoms with E-state index in [4.69, 9.17) is 10.5 Å². The minimum atomic E-state index is 0.591. The second-order valence-corrected chi connectivity index (χ2v) is 5.67. The van der Waals surface area contributed by atoms with E-state index in [9.17, 15) is 0 Å². The molecule has 0 heterocycles. The van der Waals surface area contributed by atoms with Gasteiger partial charge in [-0.1, -0.05) is 25.5 Å². The minimum Gasteiger partial charge on any atom is -0.494 e. The van der Waals surface area contributed by atoms with Crippen molar-refractivity contribution in [1.82, 2.24) is 4.90 Å². The van der Waals surface area contributed by atoms with Crippen LogP contribution in [0.4, 0.5) is 0 Å².